The molecule has 0 amide bonds. The average Bonchev–Trinajstić information content (AvgIpc) is 2.17. The lowest BCUT2D eigenvalue weighted by molar-refractivity contribution is 0.00657. The smallest absolute Gasteiger partial charge is 0.0838 e. The molecule has 2 heteroatoms. The van der Waals surface area contributed by atoms with Crippen LogP contribution in [0.5, 0.6) is 0 Å². The Morgan fingerprint density at radius 2 is 1.80 bits per heavy atom. The highest BCUT2D eigenvalue weighted by molar-refractivity contribution is 4.82. The van der Waals surface area contributed by atoms with E-state index in [0.29, 0.717) is 17.9 Å². The van der Waals surface area contributed by atoms with Crippen molar-refractivity contribution in [2.24, 2.45) is 11.8 Å². The third kappa shape index (κ3) is 1.18. The molecule has 0 aromatic heterocycles. The standard InChI is InChI=1S/C8H16O2/c1-5-6(2)8(4-9)10-7(5)3/h5-9H,4H2,1-3H3/t5?,6-,7?,8+/m0/s1. The molecule has 0 aromatic carbocycles. The third-order valence-corrected chi connectivity index (χ3v) is 2.73. The van der Waals surface area contributed by atoms with E-state index in [0.717, 1.165) is 0 Å². The summed E-state index contributed by atoms with van der Waals surface area (Å²) in [7, 11) is 0. The van der Waals surface area contributed by atoms with Gasteiger partial charge in [0, 0.05) is 0 Å². The Morgan fingerprint density at radius 3 is 2.00 bits per heavy atom. The van der Waals surface area contributed by atoms with Crippen LogP contribution in [-0.4, -0.2) is 23.9 Å². The van der Waals surface area contributed by atoms with Crippen LogP contribution in [0.25, 0.3) is 0 Å². The Bertz CT molecular complexity index is 114. The fourth-order valence-corrected chi connectivity index (χ4v) is 1.50. The maximum absolute atomic E-state index is 8.85. The first-order valence-electron chi connectivity index (χ1n) is 3.93. The predicted molar refractivity (Wildman–Crippen MR) is 39.7 cm³/mol. The maximum Gasteiger partial charge on any atom is 0.0838 e. The lowest BCUT2D eigenvalue weighted by Gasteiger charge is -2.12. The molecule has 0 radical (unpaired) electrons. The van der Waals surface area contributed by atoms with Gasteiger partial charge in [0.15, 0.2) is 0 Å². The van der Waals surface area contributed by atoms with E-state index in [1.807, 2.05) is 0 Å². The SMILES string of the molecule is CC1O[C@H](CO)[C@@H](C)C1C. The minimum Gasteiger partial charge on any atom is -0.394 e. The molecule has 0 saturated carbocycles. The predicted octanol–water partition coefficient (Wildman–Crippen LogP) is 1.04. The zero-order valence-corrected chi connectivity index (χ0v) is 6.87. The minimum absolute atomic E-state index is 0.0741. The highest BCUT2D eigenvalue weighted by atomic mass is 16.5. The molecular formula is C8H16O2. The molecule has 10 heavy (non-hydrogen) atoms. The number of hydrogen-bond donors (Lipinski definition) is 1. The fourth-order valence-electron chi connectivity index (χ4n) is 1.50. The third-order valence-electron chi connectivity index (χ3n) is 2.73. The number of aliphatic hydroxyl groups is 1. The summed E-state index contributed by atoms with van der Waals surface area (Å²) < 4.78 is 5.48. The molecule has 1 aliphatic heterocycles. The van der Waals surface area contributed by atoms with Gasteiger partial charge in [-0.1, -0.05) is 13.8 Å². The van der Waals surface area contributed by atoms with Crippen LogP contribution in [0, 0.1) is 11.8 Å². The highest BCUT2D eigenvalue weighted by Gasteiger charge is 2.35. The van der Waals surface area contributed by atoms with Crippen molar-refractivity contribution < 1.29 is 9.84 Å². The average molecular weight is 144 g/mol. The van der Waals surface area contributed by atoms with Crippen molar-refractivity contribution >= 4 is 0 Å². The van der Waals surface area contributed by atoms with Crippen molar-refractivity contribution in [1.82, 2.24) is 0 Å². The Kier molecular flexibility index (Phi) is 2.32. The molecule has 2 unspecified atom stereocenters. The van der Waals surface area contributed by atoms with Crippen molar-refractivity contribution in [2.75, 3.05) is 6.61 Å². The summed E-state index contributed by atoms with van der Waals surface area (Å²) in [5.74, 6) is 1.08. The second-order valence-electron chi connectivity index (χ2n) is 3.28. The van der Waals surface area contributed by atoms with E-state index in [4.69, 9.17) is 9.84 Å². The van der Waals surface area contributed by atoms with Crippen LogP contribution in [0.15, 0.2) is 0 Å². The van der Waals surface area contributed by atoms with Gasteiger partial charge in [-0.3, -0.25) is 0 Å². The largest absolute Gasteiger partial charge is 0.394 e. The van der Waals surface area contributed by atoms with E-state index in [9.17, 15) is 0 Å². The van der Waals surface area contributed by atoms with E-state index in [1.165, 1.54) is 0 Å². The first kappa shape index (κ1) is 8.02. The van der Waals surface area contributed by atoms with Gasteiger partial charge in [-0.25, -0.2) is 0 Å². The molecule has 60 valence electrons. The Balaban J connectivity index is 2.53. The monoisotopic (exact) mass is 144 g/mol. The molecule has 0 spiro atoms. The molecule has 1 N–H and O–H groups in total. The van der Waals surface area contributed by atoms with Crippen LogP contribution in [0.1, 0.15) is 20.8 Å². The molecule has 0 aliphatic carbocycles. The first-order valence-corrected chi connectivity index (χ1v) is 3.93. The van der Waals surface area contributed by atoms with E-state index >= 15 is 0 Å². The fraction of sp³-hybridized carbons (Fsp3) is 1.00. The topological polar surface area (TPSA) is 29.5 Å². The molecule has 1 fully saturated rings. The molecule has 2 nitrogen and oxygen atoms in total. The summed E-state index contributed by atoms with van der Waals surface area (Å²) >= 11 is 0. The zero-order valence-electron chi connectivity index (χ0n) is 6.87. The van der Waals surface area contributed by atoms with Gasteiger partial charge in [0.05, 0.1) is 18.8 Å². The van der Waals surface area contributed by atoms with Crippen LogP contribution in [0.3, 0.4) is 0 Å². The summed E-state index contributed by atoms with van der Waals surface area (Å²) in [4.78, 5) is 0. The van der Waals surface area contributed by atoms with E-state index < -0.39 is 0 Å². The van der Waals surface area contributed by atoms with E-state index in [2.05, 4.69) is 20.8 Å². The normalized spacial score (nSPS) is 48.0. The maximum atomic E-state index is 8.85. The Labute approximate surface area is 62.2 Å². The summed E-state index contributed by atoms with van der Waals surface area (Å²) in [6.45, 7) is 6.53. The van der Waals surface area contributed by atoms with Crippen molar-refractivity contribution in [3.05, 3.63) is 0 Å². The molecule has 1 heterocycles. The summed E-state index contributed by atoms with van der Waals surface area (Å²) in [5, 5.41) is 8.85. The van der Waals surface area contributed by atoms with Crippen LogP contribution in [-0.2, 0) is 4.74 Å². The molecule has 0 bridgehead atoms. The van der Waals surface area contributed by atoms with Crippen molar-refractivity contribution in [1.29, 1.82) is 0 Å². The van der Waals surface area contributed by atoms with Gasteiger partial charge in [0.2, 0.25) is 0 Å². The quantitative estimate of drug-likeness (QED) is 0.595. The van der Waals surface area contributed by atoms with Crippen molar-refractivity contribution in [3.63, 3.8) is 0 Å². The number of ether oxygens (including phenoxy) is 1. The van der Waals surface area contributed by atoms with Crippen molar-refractivity contribution in [2.45, 2.75) is 33.0 Å². The van der Waals surface area contributed by atoms with Crippen LogP contribution >= 0.6 is 0 Å². The summed E-state index contributed by atoms with van der Waals surface area (Å²) in [6.07, 6.45) is 0.386. The lowest BCUT2D eigenvalue weighted by Crippen LogP contribution is -2.19. The Hall–Kier alpha value is -0.0800. The van der Waals surface area contributed by atoms with Crippen LogP contribution < -0.4 is 0 Å². The summed E-state index contributed by atoms with van der Waals surface area (Å²) in [5.41, 5.74) is 0. The molecule has 1 rings (SSSR count). The second-order valence-corrected chi connectivity index (χ2v) is 3.28. The van der Waals surface area contributed by atoms with Gasteiger partial charge >= 0.3 is 0 Å². The van der Waals surface area contributed by atoms with Gasteiger partial charge in [0.1, 0.15) is 0 Å². The first-order chi connectivity index (χ1) is 4.66. The van der Waals surface area contributed by atoms with Crippen LogP contribution in [0.4, 0.5) is 0 Å². The molecular weight excluding hydrogens is 128 g/mol. The van der Waals surface area contributed by atoms with Gasteiger partial charge < -0.3 is 9.84 Å². The number of hydrogen-bond acceptors (Lipinski definition) is 2. The molecule has 1 aliphatic rings. The minimum atomic E-state index is 0.0741. The van der Waals surface area contributed by atoms with Crippen molar-refractivity contribution in [3.8, 4) is 0 Å². The van der Waals surface area contributed by atoms with Gasteiger partial charge in [-0.15, -0.1) is 0 Å². The van der Waals surface area contributed by atoms with E-state index in [1.54, 1.807) is 0 Å². The molecule has 4 atom stereocenters. The molecule has 0 aromatic rings. The Morgan fingerprint density at radius 1 is 1.20 bits per heavy atom. The van der Waals surface area contributed by atoms with Crippen LogP contribution in [0.2, 0.25) is 0 Å². The van der Waals surface area contributed by atoms with E-state index in [-0.39, 0.29) is 12.7 Å². The van der Waals surface area contributed by atoms with Gasteiger partial charge in [-0.05, 0) is 18.8 Å². The zero-order chi connectivity index (χ0) is 7.72. The second kappa shape index (κ2) is 2.89. The van der Waals surface area contributed by atoms with Gasteiger partial charge in [0.25, 0.3) is 0 Å². The molecule has 1 saturated heterocycles. The number of aliphatic hydroxyl groups excluding tert-OH is 1. The highest BCUT2D eigenvalue weighted by Crippen LogP contribution is 2.31. The lowest BCUT2D eigenvalue weighted by atomic mass is 9.91. The summed E-state index contributed by atoms with van der Waals surface area (Å²) in [6, 6.07) is 0. The number of rotatable bonds is 1. The van der Waals surface area contributed by atoms with Gasteiger partial charge in [-0.2, -0.15) is 0 Å².